The molecule has 118 valence electrons. The lowest BCUT2D eigenvalue weighted by atomic mass is 10.2. The number of carbonyl (C=O) groups excluding carboxylic acids is 1. The fourth-order valence-corrected chi connectivity index (χ4v) is 2.49. The van der Waals surface area contributed by atoms with Crippen LogP contribution in [0.15, 0.2) is 67.0 Å². The van der Waals surface area contributed by atoms with E-state index in [4.69, 9.17) is 0 Å². The van der Waals surface area contributed by atoms with Crippen molar-refractivity contribution in [3.05, 3.63) is 83.9 Å². The highest BCUT2D eigenvalue weighted by Crippen LogP contribution is 2.16. The zero-order valence-electron chi connectivity index (χ0n) is 13.0. The molecule has 0 radical (unpaired) electrons. The van der Waals surface area contributed by atoms with Crippen LogP contribution in [-0.2, 0) is 6.42 Å². The minimum atomic E-state index is -0.267. The highest BCUT2D eigenvalue weighted by molar-refractivity contribution is 5.95. The predicted octanol–water partition coefficient (Wildman–Crippen LogP) is 2.72. The van der Waals surface area contributed by atoms with Gasteiger partial charge in [0, 0.05) is 36.7 Å². The van der Waals surface area contributed by atoms with Gasteiger partial charge in [-0.3, -0.25) is 9.78 Å². The topological polar surface area (TPSA) is 70.7 Å². The van der Waals surface area contributed by atoms with E-state index in [-0.39, 0.29) is 5.91 Å². The Morgan fingerprint density at radius 1 is 1.12 bits per heavy atom. The minimum absolute atomic E-state index is 0.267. The quantitative estimate of drug-likeness (QED) is 0.787. The molecule has 1 N–H and O–H groups in total. The Labute approximate surface area is 140 Å². The summed E-state index contributed by atoms with van der Waals surface area (Å²) in [6, 6.07) is 18.9. The molecular formula is C19H16N4O. The number of para-hydroxylation sites is 1. The molecule has 0 atom stereocenters. The summed E-state index contributed by atoms with van der Waals surface area (Å²) in [6.07, 6.45) is 4.10. The second-order valence-corrected chi connectivity index (χ2v) is 5.22. The van der Waals surface area contributed by atoms with E-state index >= 15 is 0 Å². The van der Waals surface area contributed by atoms with E-state index in [9.17, 15) is 10.1 Å². The SMILES string of the molecule is N#Cc1ccn(-c2ccccc2)c1C(=O)NCCc1ccccn1. The number of nitriles is 1. The van der Waals surface area contributed by atoms with Crippen LogP contribution in [0.1, 0.15) is 21.7 Å². The maximum absolute atomic E-state index is 12.6. The molecule has 2 aromatic heterocycles. The Hall–Kier alpha value is -3.39. The molecule has 0 unspecified atom stereocenters. The van der Waals surface area contributed by atoms with Gasteiger partial charge in [0.05, 0.1) is 5.56 Å². The number of carbonyl (C=O) groups is 1. The number of hydrogen-bond donors (Lipinski definition) is 1. The highest BCUT2D eigenvalue weighted by atomic mass is 16.1. The van der Waals surface area contributed by atoms with Crippen LogP contribution in [0.4, 0.5) is 0 Å². The lowest BCUT2D eigenvalue weighted by Crippen LogP contribution is -2.28. The molecule has 0 fully saturated rings. The van der Waals surface area contributed by atoms with Crippen molar-refractivity contribution in [2.24, 2.45) is 0 Å². The van der Waals surface area contributed by atoms with E-state index in [1.807, 2.05) is 48.5 Å². The van der Waals surface area contributed by atoms with Gasteiger partial charge in [0.15, 0.2) is 0 Å². The molecule has 1 aromatic carbocycles. The summed E-state index contributed by atoms with van der Waals surface area (Å²) >= 11 is 0. The Bertz CT molecular complexity index is 863. The van der Waals surface area contributed by atoms with Crippen LogP contribution < -0.4 is 5.32 Å². The Kier molecular flexibility index (Phi) is 4.68. The zero-order chi connectivity index (χ0) is 16.8. The van der Waals surface area contributed by atoms with E-state index in [2.05, 4.69) is 16.4 Å². The van der Waals surface area contributed by atoms with Crippen LogP contribution in [0.3, 0.4) is 0 Å². The van der Waals surface area contributed by atoms with Gasteiger partial charge in [-0.05, 0) is 30.3 Å². The van der Waals surface area contributed by atoms with Crippen LogP contribution >= 0.6 is 0 Å². The number of amides is 1. The minimum Gasteiger partial charge on any atom is -0.350 e. The zero-order valence-corrected chi connectivity index (χ0v) is 13.0. The number of pyridine rings is 1. The molecule has 0 aliphatic heterocycles. The summed E-state index contributed by atoms with van der Waals surface area (Å²) in [7, 11) is 0. The number of hydrogen-bond acceptors (Lipinski definition) is 3. The summed E-state index contributed by atoms with van der Waals surface area (Å²) < 4.78 is 1.73. The second-order valence-electron chi connectivity index (χ2n) is 5.22. The van der Waals surface area contributed by atoms with Crippen LogP contribution in [0.25, 0.3) is 5.69 Å². The summed E-state index contributed by atoms with van der Waals surface area (Å²) in [5, 5.41) is 12.1. The Morgan fingerprint density at radius 2 is 1.92 bits per heavy atom. The maximum atomic E-state index is 12.6. The summed E-state index contributed by atoms with van der Waals surface area (Å²) in [4.78, 5) is 16.8. The van der Waals surface area contributed by atoms with E-state index < -0.39 is 0 Å². The van der Waals surface area contributed by atoms with E-state index in [1.54, 1.807) is 23.0 Å². The lowest BCUT2D eigenvalue weighted by molar-refractivity contribution is 0.0947. The average Bonchev–Trinajstić information content (AvgIpc) is 3.07. The molecule has 1 amide bonds. The molecule has 3 rings (SSSR count). The molecule has 0 aliphatic rings. The van der Waals surface area contributed by atoms with Crippen molar-refractivity contribution >= 4 is 5.91 Å². The fraction of sp³-hybridized carbons (Fsp3) is 0.105. The molecule has 2 heterocycles. The van der Waals surface area contributed by atoms with Crippen LogP contribution in [0, 0.1) is 11.3 Å². The molecule has 3 aromatic rings. The average molecular weight is 316 g/mol. The number of nitrogens with one attached hydrogen (secondary N) is 1. The van der Waals surface area contributed by atoms with Gasteiger partial charge in [-0.1, -0.05) is 24.3 Å². The third-order valence-electron chi connectivity index (χ3n) is 3.65. The molecule has 5 heteroatoms. The third-order valence-corrected chi connectivity index (χ3v) is 3.65. The summed E-state index contributed by atoms with van der Waals surface area (Å²) in [6.45, 7) is 0.459. The van der Waals surface area contributed by atoms with Crippen molar-refractivity contribution in [1.29, 1.82) is 5.26 Å². The van der Waals surface area contributed by atoms with Gasteiger partial charge in [-0.25, -0.2) is 0 Å². The highest BCUT2D eigenvalue weighted by Gasteiger charge is 2.17. The van der Waals surface area contributed by atoms with Crippen molar-refractivity contribution in [2.45, 2.75) is 6.42 Å². The largest absolute Gasteiger partial charge is 0.350 e. The molecule has 0 bridgehead atoms. The van der Waals surface area contributed by atoms with Gasteiger partial charge in [0.25, 0.3) is 5.91 Å². The van der Waals surface area contributed by atoms with E-state index in [0.29, 0.717) is 24.2 Å². The smallest absolute Gasteiger partial charge is 0.269 e. The van der Waals surface area contributed by atoms with Gasteiger partial charge in [-0.2, -0.15) is 5.26 Å². The number of nitrogens with zero attached hydrogens (tertiary/aromatic N) is 3. The van der Waals surface area contributed by atoms with Gasteiger partial charge in [0.1, 0.15) is 11.8 Å². The van der Waals surface area contributed by atoms with Crippen molar-refractivity contribution < 1.29 is 4.79 Å². The van der Waals surface area contributed by atoms with Crippen LogP contribution in [-0.4, -0.2) is 22.0 Å². The van der Waals surface area contributed by atoms with Gasteiger partial charge >= 0.3 is 0 Å². The molecule has 0 spiro atoms. The monoisotopic (exact) mass is 316 g/mol. The first kappa shape index (κ1) is 15.5. The normalized spacial score (nSPS) is 10.1. The Morgan fingerprint density at radius 3 is 2.62 bits per heavy atom. The van der Waals surface area contributed by atoms with Crippen LogP contribution in [0.2, 0.25) is 0 Å². The van der Waals surface area contributed by atoms with Gasteiger partial charge < -0.3 is 9.88 Å². The van der Waals surface area contributed by atoms with E-state index in [0.717, 1.165) is 11.4 Å². The first-order valence-electron chi connectivity index (χ1n) is 7.64. The second kappa shape index (κ2) is 7.25. The van der Waals surface area contributed by atoms with Gasteiger partial charge in [-0.15, -0.1) is 0 Å². The standard InChI is InChI=1S/C19H16N4O/c20-14-15-10-13-23(17-7-2-1-3-8-17)18(15)19(24)22-12-9-16-6-4-5-11-21-16/h1-8,10-11,13H,9,12H2,(H,22,24). The van der Waals surface area contributed by atoms with Crippen molar-refractivity contribution in [3.8, 4) is 11.8 Å². The fourth-order valence-electron chi connectivity index (χ4n) is 2.49. The van der Waals surface area contributed by atoms with Crippen LogP contribution in [0.5, 0.6) is 0 Å². The molecule has 24 heavy (non-hydrogen) atoms. The van der Waals surface area contributed by atoms with Crippen molar-refractivity contribution in [2.75, 3.05) is 6.54 Å². The van der Waals surface area contributed by atoms with Crippen molar-refractivity contribution in [3.63, 3.8) is 0 Å². The molecule has 0 saturated carbocycles. The third kappa shape index (κ3) is 3.33. The first-order valence-corrected chi connectivity index (χ1v) is 7.64. The first-order chi connectivity index (χ1) is 11.8. The summed E-state index contributed by atoms with van der Waals surface area (Å²) in [5.74, 6) is -0.267. The maximum Gasteiger partial charge on any atom is 0.269 e. The molecule has 5 nitrogen and oxygen atoms in total. The van der Waals surface area contributed by atoms with Crippen molar-refractivity contribution in [1.82, 2.24) is 14.9 Å². The molecule has 0 saturated heterocycles. The molecule has 0 aliphatic carbocycles. The number of aromatic nitrogens is 2. The van der Waals surface area contributed by atoms with E-state index in [1.165, 1.54) is 0 Å². The summed E-state index contributed by atoms with van der Waals surface area (Å²) in [5.41, 5.74) is 2.46. The number of rotatable bonds is 5. The molecular weight excluding hydrogens is 300 g/mol. The Balaban J connectivity index is 1.77. The number of benzene rings is 1. The predicted molar refractivity (Wildman–Crippen MR) is 90.8 cm³/mol. The van der Waals surface area contributed by atoms with Gasteiger partial charge in [0.2, 0.25) is 0 Å². The lowest BCUT2D eigenvalue weighted by Gasteiger charge is -2.10.